The number of allylic oxidation sites excluding steroid dienone is 1. The number of hydrogen-bond donors (Lipinski definition) is 0. The van der Waals surface area contributed by atoms with Crippen molar-refractivity contribution in [1.82, 2.24) is 0 Å². The molecule has 1 atom stereocenters. The number of rotatable bonds is 1. The van der Waals surface area contributed by atoms with E-state index < -0.39 is 0 Å². The minimum Gasteiger partial charge on any atom is -0.132 e. The lowest BCUT2D eigenvalue weighted by Crippen LogP contribution is -1.81. The lowest BCUT2D eigenvalue weighted by Gasteiger charge is -1.97. The first-order valence-electron chi connectivity index (χ1n) is 4.86. The maximum absolute atomic E-state index is 2.33. The van der Waals surface area contributed by atoms with E-state index in [1.54, 1.807) is 0 Å². The summed E-state index contributed by atoms with van der Waals surface area (Å²) in [4.78, 5) is 0. The van der Waals surface area contributed by atoms with Crippen LogP contribution in [0.4, 0.5) is 0 Å². The Morgan fingerprint density at radius 3 is 2.71 bits per heavy atom. The molecule has 0 N–H and O–H groups in total. The highest BCUT2D eigenvalue weighted by molar-refractivity contribution is 7.31. The van der Waals surface area contributed by atoms with E-state index in [1.165, 1.54) is 22.0 Å². The van der Waals surface area contributed by atoms with Crippen molar-refractivity contribution < 1.29 is 0 Å². The SMILES string of the molecule is C1=C(c2ccc[pH]2)Cc2ccccc21. The predicted molar refractivity (Wildman–Crippen MR) is 64.0 cm³/mol. The van der Waals surface area contributed by atoms with Gasteiger partial charge in [0.2, 0.25) is 0 Å². The van der Waals surface area contributed by atoms with Gasteiger partial charge in [0, 0.05) is 0 Å². The molecular weight excluding hydrogens is 187 g/mol. The van der Waals surface area contributed by atoms with Gasteiger partial charge in [-0.1, -0.05) is 42.5 Å². The van der Waals surface area contributed by atoms with Gasteiger partial charge >= 0.3 is 0 Å². The van der Waals surface area contributed by atoms with Crippen molar-refractivity contribution in [2.75, 3.05) is 0 Å². The first-order chi connectivity index (χ1) is 6.93. The van der Waals surface area contributed by atoms with E-state index in [-0.39, 0.29) is 0 Å². The molecule has 1 heteroatoms. The first kappa shape index (κ1) is 8.08. The van der Waals surface area contributed by atoms with Crippen LogP contribution in [0.25, 0.3) is 11.6 Å². The fourth-order valence-electron chi connectivity index (χ4n) is 1.98. The zero-order valence-corrected chi connectivity index (χ0v) is 8.83. The average Bonchev–Trinajstić information content (AvgIpc) is 2.86. The standard InChI is InChI=1S/C13H11P/c1-2-5-11-9-12(8-10(11)4-1)13-6-3-7-14-13/h1-8,14H,9H2. The van der Waals surface area contributed by atoms with E-state index in [0.29, 0.717) is 0 Å². The third-order valence-electron chi connectivity index (χ3n) is 2.71. The molecule has 0 fully saturated rings. The summed E-state index contributed by atoms with van der Waals surface area (Å²) in [5.74, 6) is 2.25. The van der Waals surface area contributed by atoms with Crippen molar-refractivity contribution in [3.63, 3.8) is 0 Å². The first-order valence-corrected chi connectivity index (χ1v) is 5.93. The van der Waals surface area contributed by atoms with Gasteiger partial charge in [-0.15, -0.1) is 8.19 Å². The Balaban J connectivity index is 2.04. The molecule has 3 rings (SSSR count). The van der Waals surface area contributed by atoms with Gasteiger partial charge in [0.25, 0.3) is 0 Å². The summed E-state index contributed by atoms with van der Waals surface area (Å²) >= 11 is 0. The summed E-state index contributed by atoms with van der Waals surface area (Å²) in [7, 11) is 0.874. The highest BCUT2D eigenvalue weighted by atomic mass is 31.0. The Kier molecular flexibility index (Phi) is 1.82. The number of hydrogen-bond acceptors (Lipinski definition) is 0. The molecule has 1 heterocycles. The summed E-state index contributed by atoms with van der Waals surface area (Å²) < 4.78 is 0. The van der Waals surface area contributed by atoms with Crippen LogP contribution < -0.4 is 0 Å². The molecule has 1 aliphatic rings. The molecular formula is C13H11P. The number of fused-ring (bicyclic) bond motifs is 1. The van der Waals surface area contributed by atoms with Crippen LogP contribution in [-0.2, 0) is 6.42 Å². The lowest BCUT2D eigenvalue weighted by molar-refractivity contribution is 1.33. The van der Waals surface area contributed by atoms with E-state index in [2.05, 4.69) is 48.3 Å². The summed E-state index contributed by atoms with van der Waals surface area (Å²) in [5, 5.41) is 1.52. The molecule has 0 spiro atoms. The van der Waals surface area contributed by atoms with Crippen LogP contribution in [0.3, 0.4) is 0 Å². The monoisotopic (exact) mass is 198 g/mol. The molecule has 1 aliphatic carbocycles. The van der Waals surface area contributed by atoms with E-state index in [9.17, 15) is 0 Å². The molecule has 1 aromatic carbocycles. The molecule has 1 aromatic heterocycles. The molecule has 0 bridgehead atoms. The molecule has 68 valence electrons. The van der Waals surface area contributed by atoms with Crippen molar-refractivity contribution in [1.29, 1.82) is 0 Å². The van der Waals surface area contributed by atoms with Crippen LogP contribution in [0, 0.1) is 0 Å². The molecule has 0 radical (unpaired) electrons. The van der Waals surface area contributed by atoms with Crippen molar-refractivity contribution >= 4 is 19.8 Å². The molecule has 0 nitrogen and oxygen atoms in total. The van der Waals surface area contributed by atoms with Crippen molar-refractivity contribution in [3.8, 4) is 0 Å². The lowest BCUT2D eigenvalue weighted by atomic mass is 10.1. The van der Waals surface area contributed by atoms with Crippen LogP contribution in [0.2, 0.25) is 0 Å². The zero-order valence-electron chi connectivity index (χ0n) is 7.83. The molecule has 0 saturated heterocycles. The highest BCUT2D eigenvalue weighted by Gasteiger charge is 2.12. The van der Waals surface area contributed by atoms with Crippen molar-refractivity contribution in [3.05, 3.63) is 58.6 Å². The molecule has 0 saturated carbocycles. The second kappa shape index (κ2) is 3.15. The summed E-state index contributed by atoms with van der Waals surface area (Å²) in [6, 6.07) is 13.1. The van der Waals surface area contributed by atoms with E-state index in [1.807, 2.05) is 0 Å². The van der Waals surface area contributed by atoms with Gasteiger partial charge in [-0.2, -0.15) is 0 Å². The van der Waals surface area contributed by atoms with Crippen molar-refractivity contribution in [2.45, 2.75) is 6.42 Å². The molecule has 1 unspecified atom stereocenters. The van der Waals surface area contributed by atoms with Gasteiger partial charge < -0.3 is 0 Å². The van der Waals surface area contributed by atoms with Crippen LogP contribution in [0.5, 0.6) is 0 Å². The fraction of sp³-hybridized carbons (Fsp3) is 0.0769. The Bertz CT molecular complexity index is 478. The van der Waals surface area contributed by atoms with E-state index >= 15 is 0 Å². The smallest absolute Gasteiger partial charge is 0.00105 e. The maximum Gasteiger partial charge on any atom is -0.00105 e. The highest BCUT2D eigenvalue weighted by Crippen LogP contribution is 2.34. The molecule has 14 heavy (non-hydrogen) atoms. The summed E-state index contributed by atoms with van der Waals surface area (Å²) in [5.41, 5.74) is 4.38. The van der Waals surface area contributed by atoms with Crippen LogP contribution in [0.15, 0.2) is 42.2 Å². The Morgan fingerprint density at radius 2 is 1.93 bits per heavy atom. The second-order valence-electron chi connectivity index (χ2n) is 3.63. The Hall–Kier alpha value is -1.26. The van der Waals surface area contributed by atoms with Crippen LogP contribution in [-0.4, -0.2) is 0 Å². The largest absolute Gasteiger partial charge is 0.132 e. The van der Waals surface area contributed by atoms with Gasteiger partial charge in [-0.25, -0.2) is 0 Å². The third-order valence-corrected chi connectivity index (χ3v) is 3.87. The van der Waals surface area contributed by atoms with E-state index in [0.717, 1.165) is 14.6 Å². The van der Waals surface area contributed by atoms with Gasteiger partial charge in [0.1, 0.15) is 0 Å². The minimum absolute atomic E-state index is 0.874. The van der Waals surface area contributed by atoms with Crippen molar-refractivity contribution in [2.24, 2.45) is 0 Å². The Labute approximate surface area is 85.4 Å². The second-order valence-corrected chi connectivity index (χ2v) is 4.79. The predicted octanol–water partition coefficient (Wildman–Crippen LogP) is 3.81. The quantitative estimate of drug-likeness (QED) is 0.653. The van der Waals surface area contributed by atoms with Gasteiger partial charge in [0.15, 0.2) is 0 Å². The zero-order chi connectivity index (χ0) is 9.38. The van der Waals surface area contributed by atoms with Gasteiger partial charge in [-0.3, -0.25) is 0 Å². The van der Waals surface area contributed by atoms with Gasteiger partial charge in [-0.05, 0) is 34.2 Å². The average molecular weight is 198 g/mol. The van der Waals surface area contributed by atoms with Crippen LogP contribution >= 0.6 is 8.19 Å². The maximum atomic E-state index is 2.33. The summed E-state index contributed by atoms with van der Waals surface area (Å²) in [6.07, 6.45) is 3.46. The summed E-state index contributed by atoms with van der Waals surface area (Å²) in [6.45, 7) is 0. The third kappa shape index (κ3) is 1.23. The fourth-order valence-corrected chi connectivity index (χ4v) is 2.89. The molecule has 2 aromatic rings. The topological polar surface area (TPSA) is 0 Å². The molecule has 0 amide bonds. The number of benzene rings is 1. The van der Waals surface area contributed by atoms with E-state index in [4.69, 9.17) is 0 Å². The van der Waals surface area contributed by atoms with Gasteiger partial charge in [0.05, 0.1) is 0 Å². The normalized spacial score (nSPS) is 14.4. The minimum atomic E-state index is 0.874. The Morgan fingerprint density at radius 1 is 1.00 bits per heavy atom. The van der Waals surface area contributed by atoms with Crippen LogP contribution in [0.1, 0.15) is 16.4 Å². The molecule has 0 aliphatic heterocycles.